The number of hydrogen-bond donors (Lipinski definition) is 1. The average molecular weight is 325 g/mol. The van der Waals surface area contributed by atoms with Crippen molar-refractivity contribution in [3.05, 3.63) is 57.6 Å². The van der Waals surface area contributed by atoms with Gasteiger partial charge in [0, 0.05) is 24.8 Å². The lowest BCUT2D eigenvalue weighted by molar-refractivity contribution is 0.575. The fraction of sp³-hybridized carbons (Fsp3) is 0.143. The largest absolute Gasteiger partial charge is 0.398 e. The van der Waals surface area contributed by atoms with E-state index in [9.17, 15) is 8.78 Å². The number of benzene rings is 2. The molecule has 1 aliphatic heterocycles. The van der Waals surface area contributed by atoms with Gasteiger partial charge < -0.3 is 10.6 Å². The molecule has 3 rings (SSSR count). The molecule has 0 bridgehead atoms. The molecule has 98 valence electrons. The van der Waals surface area contributed by atoms with Crippen LogP contribution < -0.4 is 10.6 Å². The Balaban J connectivity index is 1.99. The zero-order valence-electron chi connectivity index (χ0n) is 9.96. The molecule has 0 saturated carbocycles. The van der Waals surface area contributed by atoms with Crippen LogP contribution in [-0.2, 0) is 13.1 Å². The van der Waals surface area contributed by atoms with Crippen LogP contribution in [0.3, 0.4) is 0 Å². The van der Waals surface area contributed by atoms with Gasteiger partial charge in [-0.1, -0.05) is 12.1 Å². The van der Waals surface area contributed by atoms with E-state index >= 15 is 0 Å². The lowest BCUT2D eigenvalue weighted by Crippen LogP contribution is -2.16. The normalized spacial score (nSPS) is 13.7. The van der Waals surface area contributed by atoms with E-state index < -0.39 is 11.6 Å². The maximum atomic E-state index is 13.9. The third-order valence-corrected chi connectivity index (χ3v) is 3.96. The minimum atomic E-state index is -0.600. The topological polar surface area (TPSA) is 29.3 Å². The summed E-state index contributed by atoms with van der Waals surface area (Å²) in [5.41, 5.74) is 9.10. The van der Waals surface area contributed by atoms with Crippen molar-refractivity contribution in [2.75, 3.05) is 10.6 Å². The van der Waals surface area contributed by atoms with Gasteiger partial charge in [0.05, 0.1) is 10.2 Å². The van der Waals surface area contributed by atoms with Crippen LogP contribution >= 0.6 is 15.9 Å². The molecule has 0 amide bonds. The van der Waals surface area contributed by atoms with E-state index in [2.05, 4.69) is 15.9 Å². The predicted octanol–water partition coefficient (Wildman–Crippen LogP) is 3.83. The zero-order valence-corrected chi connectivity index (χ0v) is 11.5. The van der Waals surface area contributed by atoms with E-state index in [4.69, 9.17) is 5.73 Å². The predicted molar refractivity (Wildman–Crippen MR) is 74.8 cm³/mol. The second kappa shape index (κ2) is 4.49. The molecule has 2 N–H and O–H groups in total. The first-order chi connectivity index (χ1) is 9.06. The van der Waals surface area contributed by atoms with Gasteiger partial charge in [-0.2, -0.15) is 0 Å². The van der Waals surface area contributed by atoms with Crippen molar-refractivity contribution < 1.29 is 8.78 Å². The van der Waals surface area contributed by atoms with E-state index in [1.807, 2.05) is 23.1 Å². The van der Waals surface area contributed by atoms with Crippen LogP contribution in [0.25, 0.3) is 0 Å². The van der Waals surface area contributed by atoms with Gasteiger partial charge >= 0.3 is 0 Å². The Labute approximate surface area is 118 Å². The summed E-state index contributed by atoms with van der Waals surface area (Å²) < 4.78 is 27.4. The first-order valence-corrected chi connectivity index (χ1v) is 6.61. The van der Waals surface area contributed by atoms with Crippen molar-refractivity contribution in [1.82, 2.24) is 0 Å². The molecule has 0 aromatic heterocycles. The molecule has 0 unspecified atom stereocenters. The molecule has 2 aromatic rings. The van der Waals surface area contributed by atoms with Crippen molar-refractivity contribution in [3.8, 4) is 0 Å². The monoisotopic (exact) mass is 324 g/mol. The minimum absolute atomic E-state index is 0.257. The van der Waals surface area contributed by atoms with E-state index in [1.54, 1.807) is 0 Å². The molecule has 1 aliphatic rings. The summed E-state index contributed by atoms with van der Waals surface area (Å²) in [6, 6.07) is 8.05. The second-order valence-corrected chi connectivity index (χ2v) is 5.41. The molecule has 0 fully saturated rings. The van der Waals surface area contributed by atoms with Gasteiger partial charge in [-0.3, -0.25) is 0 Å². The summed E-state index contributed by atoms with van der Waals surface area (Å²) in [5, 5.41) is 0. The van der Waals surface area contributed by atoms with Crippen molar-refractivity contribution in [2.24, 2.45) is 0 Å². The molecule has 0 aliphatic carbocycles. The Bertz CT molecular complexity index is 658. The van der Waals surface area contributed by atoms with Crippen LogP contribution in [-0.4, -0.2) is 0 Å². The van der Waals surface area contributed by atoms with Crippen LogP contribution in [0.1, 0.15) is 11.1 Å². The number of nitrogens with two attached hydrogens (primary N) is 1. The van der Waals surface area contributed by atoms with Gasteiger partial charge in [0.2, 0.25) is 0 Å². The molecule has 1 heterocycles. The van der Waals surface area contributed by atoms with Crippen LogP contribution in [0, 0.1) is 11.6 Å². The first-order valence-electron chi connectivity index (χ1n) is 5.82. The number of rotatable bonds is 1. The number of hydrogen-bond acceptors (Lipinski definition) is 2. The molecule has 2 nitrogen and oxygen atoms in total. The Morgan fingerprint density at radius 2 is 1.89 bits per heavy atom. The highest BCUT2D eigenvalue weighted by atomic mass is 79.9. The van der Waals surface area contributed by atoms with Crippen molar-refractivity contribution in [2.45, 2.75) is 13.1 Å². The SMILES string of the molecule is Nc1cccc2c1CN(c1cc(Br)c(F)cc1F)C2. The fourth-order valence-electron chi connectivity index (χ4n) is 2.37. The van der Waals surface area contributed by atoms with Gasteiger partial charge in [-0.05, 0) is 39.2 Å². The highest BCUT2D eigenvalue weighted by Gasteiger charge is 2.23. The molecule has 0 spiro atoms. The van der Waals surface area contributed by atoms with Gasteiger partial charge in [0.25, 0.3) is 0 Å². The van der Waals surface area contributed by atoms with Gasteiger partial charge in [-0.15, -0.1) is 0 Å². The van der Waals surface area contributed by atoms with Crippen LogP contribution in [0.2, 0.25) is 0 Å². The number of nitrogen functional groups attached to an aromatic ring is 1. The van der Waals surface area contributed by atoms with E-state index in [1.165, 1.54) is 6.07 Å². The summed E-state index contributed by atoms with van der Waals surface area (Å²) in [6.07, 6.45) is 0. The van der Waals surface area contributed by atoms with Gasteiger partial charge in [0.1, 0.15) is 11.6 Å². The lowest BCUT2D eigenvalue weighted by atomic mass is 10.1. The Morgan fingerprint density at radius 3 is 2.63 bits per heavy atom. The fourth-order valence-corrected chi connectivity index (χ4v) is 2.70. The Morgan fingerprint density at radius 1 is 1.11 bits per heavy atom. The maximum Gasteiger partial charge on any atom is 0.149 e. The van der Waals surface area contributed by atoms with Crippen LogP contribution in [0.5, 0.6) is 0 Å². The Kier molecular flexibility index (Phi) is 2.93. The number of fused-ring (bicyclic) bond motifs is 1. The van der Waals surface area contributed by atoms with Gasteiger partial charge in [-0.25, -0.2) is 8.78 Å². The number of anilines is 2. The highest BCUT2D eigenvalue weighted by molar-refractivity contribution is 9.10. The van der Waals surface area contributed by atoms with E-state index in [-0.39, 0.29) is 4.47 Å². The smallest absolute Gasteiger partial charge is 0.149 e. The minimum Gasteiger partial charge on any atom is -0.398 e. The third kappa shape index (κ3) is 2.08. The number of nitrogens with zero attached hydrogens (tertiary/aromatic N) is 1. The number of halogens is 3. The Hall–Kier alpha value is -1.62. The summed E-state index contributed by atoms with van der Waals surface area (Å²) >= 11 is 3.08. The maximum absolute atomic E-state index is 13.9. The van der Waals surface area contributed by atoms with Crippen molar-refractivity contribution in [3.63, 3.8) is 0 Å². The average Bonchev–Trinajstić information content (AvgIpc) is 2.79. The van der Waals surface area contributed by atoms with E-state index in [0.29, 0.717) is 24.5 Å². The first kappa shape index (κ1) is 12.4. The molecule has 0 atom stereocenters. The summed E-state index contributed by atoms with van der Waals surface area (Å²) in [5.74, 6) is -1.16. The van der Waals surface area contributed by atoms with Crippen LogP contribution in [0.15, 0.2) is 34.8 Å². The summed E-state index contributed by atoms with van der Waals surface area (Å²) in [7, 11) is 0. The molecule has 0 saturated heterocycles. The van der Waals surface area contributed by atoms with E-state index in [0.717, 1.165) is 17.2 Å². The molecule has 5 heteroatoms. The molecular formula is C14H11BrF2N2. The van der Waals surface area contributed by atoms with Crippen LogP contribution in [0.4, 0.5) is 20.2 Å². The summed E-state index contributed by atoms with van der Waals surface area (Å²) in [6.45, 7) is 1.12. The third-order valence-electron chi connectivity index (χ3n) is 3.35. The highest BCUT2D eigenvalue weighted by Crippen LogP contribution is 2.34. The standard InChI is InChI=1S/C14H11BrF2N2/c15-10-4-14(12(17)5-11(10)16)19-6-8-2-1-3-13(18)9(8)7-19/h1-5H,6-7,18H2. The summed E-state index contributed by atoms with van der Waals surface area (Å²) in [4.78, 5) is 1.85. The second-order valence-electron chi connectivity index (χ2n) is 4.56. The quantitative estimate of drug-likeness (QED) is 0.638. The molecule has 2 aromatic carbocycles. The van der Waals surface area contributed by atoms with Crippen molar-refractivity contribution in [1.29, 1.82) is 0 Å². The molecule has 19 heavy (non-hydrogen) atoms. The lowest BCUT2D eigenvalue weighted by Gasteiger charge is -2.19. The van der Waals surface area contributed by atoms with Gasteiger partial charge in [0.15, 0.2) is 0 Å². The molecule has 0 radical (unpaired) electrons. The van der Waals surface area contributed by atoms with Crippen molar-refractivity contribution >= 4 is 27.3 Å². The zero-order chi connectivity index (χ0) is 13.6. The molecular weight excluding hydrogens is 314 g/mol.